The molecule has 0 spiro atoms. The Labute approximate surface area is 355 Å². The fraction of sp³-hybridized carbons (Fsp3) is 0.509. The maximum Gasteiger partial charge on any atom is 0.306 e. The van der Waals surface area contributed by atoms with Crippen LogP contribution >= 0.6 is 0 Å². The van der Waals surface area contributed by atoms with E-state index in [-0.39, 0.29) is 25.2 Å². The molecule has 0 aliphatic rings. The Morgan fingerprint density at radius 3 is 1.00 bits per heavy atom. The Morgan fingerprint density at radius 2 is 0.690 bits per heavy atom. The van der Waals surface area contributed by atoms with Gasteiger partial charge in [0.2, 0.25) is 0 Å². The van der Waals surface area contributed by atoms with Crippen LogP contribution in [0, 0.1) is 0 Å². The normalized spacial score (nSPS) is 13.6. The van der Waals surface area contributed by atoms with Crippen LogP contribution in [0.25, 0.3) is 0 Å². The molecule has 5 heteroatoms. The fourth-order valence-electron chi connectivity index (χ4n) is 5.32. The summed E-state index contributed by atoms with van der Waals surface area (Å²) in [6.07, 6.45) is 72.1. The van der Waals surface area contributed by atoms with Gasteiger partial charge in [-0.1, -0.05) is 173 Å². The first-order valence-electron chi connectivity index (χ1n) is 22.4. The predicted molar refractivity (Wildman–Crippen MR) is 251 cm³/mol. The van der Waals surface area contributed by atoms with Gasteiger partial charge in [0.25, 0.3) is 0 Å². The fourth-order valence-corrected chi connectivity index (χ4v) is 5.32. The van der Waals surface area contributed by atoms with Gasteiger partial charge in [0, 0.05) is 12.8 Å². The molecule has 0 saturated carbocycles. The van der Waals surface area contributed by atoms with Crippen molar-refractivity contribution in [2.45, 2.75) is 161 Å². The summed E-state index contributed by atoms with van der Waals surface area (Å²) in [5, 5.41) is 9.57. The van der Waals surface area contributed by atoms with Crippen LogP contribution in [0.2, 0.25) is 0 Å². The predicted octanol–water partition coefficient (Wildman–Crippen LogP) is 14.7. The summed E-state index contributed by atoms with van der Waals surface area (Å²) in [5.41, 5.74) is 0. The Bertz CT molecular complexity index is 1310. The van der Waals surface area contributed by atoms with E-state index >= 15 is 0 Å². The highest BCUT2D eigenvalue weighted by Crippen LogP contribution is 2.09. The zero-order chi connectivity index (χ0) is 42.1. The molecule has 0 bridgehead atoms. The third-order valence-corrected chi connectivity index (χ3v) is 8.63. The van der Waals surface area contributed by atoms with Gasteiger partial charge < -0.3 is 14.6 Å². The summed E-state index contributed by atoms with van der Waals surface area (Å²) in [6, 6.07) is 0. The number of ether oxygens (including phenoxy) is 2. The summed E-state index contributed by atoms with van der Waals surface area (Å²) >= 11 is 0. The van der Waals surface area contributed by atoms with Gasteiger partial charge in [0.1, 0.15) is 6.61 Å². The third-order valence-electron chi connectivity index (χ3n) is 8.63. The molecule has 58 heavy (non-hydrogen) atoms. The van der Waals surface area contributed by atoms with Gasteiger partial charge in [-0.05, 0) is 116 Å². The molecule has 5 nitrogen and oxygen atoms in total. The van der Waals surface area contributed by atoms with Crippen LogP contribution in [0.1, 0.15) is 155 Å². The van der Waals surface area contributed by atoms with Gasteiger partial charge >= 0.3 is 11.9 Å². The van der Waals surface area contributed by atoms with Crippen molar-refractivity contribution in [2.75, 3.05) is 13.2 Å². The van der Waals surface area contributed by atoms with E-state index in [2.05, 4.69) is 160 Å². The van der Waals surface area contributed by atoms with Crippen LogP contribution < -0.4 is 0 Å². The lowest BCUT2D eigenvalue weighted by molar-refractivity contribution is -0.161. The maximum absolute atomic E-state index is 12.2. The molecular formula is C53H80O5. The average Bonchev–Trinajstić information content (AvgIpc) is 3.23. The van der Waals surface area contributed by atoms with Crippen molar-refractivity contribution < 1.29 is 24.2 Å². The van der Waals surface area contributed by atoms with Gasteiger partial charge in [-0.2, -0.15) is 0 Å². The van der Waals surface area contributed by atoms with Crippen LogP contribution in [0.4, 0.5) is 0 Å². The standard InChI is InChI=1S/C53H80O5/c1-3-5-7-9-11-13-15-17-18-19-20-21-22-23-24-25-26-27-28-29-30-31-32-33-34-36-38-40-42-44-46-48-53(56)58-51(49-54)50-57-52(55)47-45-43-41-39-37-35-16-14-12-10-8-6-4-2/h5-8,11-14,17-18,20-21,23-24,26-27,29-30,32-33,35-38,51,54H,3-4,9-10,15-16,19,22,25,28,31,34,39-50H2,1-2H3/b7-5-,8-6-,13-11-,14-12-,18-17-,21-20-,24-23-,27-26-,30-29-,33-32-,37-35-,38-36-. The summed E-state index contributed by atoms with van der Waals surface area (Å²) in [7, 11) is 0. The Morgan fingerprint density at radius 1 is 0.397 bits per heavy atom. The molecule has 0 aliphatic heterocycles. The lowest BCUT2D eigenvalue weighted by Gasteiger charge is -2.15. The second-order valence-electron chi connectivity index (χ2n) is 14.0. The van der Waals surface area contributed by atoms with E-state index in [9.17, 15) is 14.7 Å². The van der Waals surface area contributed by atoms with Crippen molar-refractivity contribution in [3.8, 4) is 0 Å². The average molecular weight is 797 g/mol. The zero-order valence-corrected chi connectivity index (χ0v) is 36.5. The minimum absolute atomic E-state index is 0.106. The number of unbranched alkanes of at least 4 members (excludes halogenated alkanes) is 6. The monoisotopic (exact) mass is 797 g/mol. The van der Waals surface area contributed by atoms with E-state index < -0.39 is 6.10 Å². The number of esters is 2. The van der Waals surface area contributed by atoms with Crippen LogP contribution in [0.5, 0.6) is 0 Å². The first-order chi connectivity index (χ1) is 28.6. The minimum atomic E-state index is -0.813. The number of allylic oxidation sites excluding steroid dienone is 24. The molecule has 0 aromatic heterocycles. The molecule has 322 valence electrons. The van der Waals surface area contributed by atoms with Gasteiger partial charge in [0.05, 0.1) is 6.61 Å². The summed E-state index contributed by atoms with van der Waals surface area (Å²) in [5.74, 6) is -0.681. The molecule has 0 fully saturated rings. The quantitative estimate of drug-likeness (QED) is 0.0383. The minimum Gasteiger partial charge on any atom is -0.462 e. The van der Waals surface area contributed by atoms with E-state index in [1.54, 1.807) is 0 Å². The van der Waals surface area contributed by atoms with Crippen molar-refractivity contribution in [1.29, 1.82) is 0 Å². The molecule has 0 amide bonds. The van der Waals surface area contributed by atoms with E-state index in [0.717, 1.165) is 128 Å². The summed E-state index contributed by atoms with van der Waals surface area (Å²) in [4.78, 5) is 24.3. The molecule has 0 aliphatic carbocycles. The van der Waals surface area contributed by atoms with Crippen molar-refractivity contribution in [2.24, 2.45) is 0 Å². The highest BCUT2D eigenvalue weighted by Gasteiger charge is 2.16. The molecule has 1 N–H and O–H groups in total. The summed E-state index contributed by atoms with van der Waals surface area (Å²) in [6.45, 7) is 3.82. The zero-order valence-electron chi connectivity index (χ0n) is 36.5. The van der Waals surface area contributed by atoms with Gasteiger partial charge in [0.15, 0.2) is 6.10 Å². The van der Waals surface area contributed by atoms with E-state index in [1.807, 2.05) is 0 Å². The molecular weight excluding hydrogens is 717 g/mol. The van der Waals surface area contributed by atoms with Crippen LogP contribution in [0.15, 0.2) is 146 Å². The first-order valence-corrected chi connectivity index (χ1v) is 22.4. The van der Waals surface area contributed by atoms with Gasteiger partial charge in [-0.3, -0.25) is 9.59 Å². The Kier molecular flexibility index (Phi) is 43.7. The topological polar surface area (TPSA) is 72.8 Å². The molecule has 0 saturated heterocycles. The van der Waals surface area contributed by atoms with E-state index in [1.165, 1.54) is 0 Å². The Hall–Kier alpha value is -4.22. The molecule has 0 aromatic carbocycles. The van der Waals surface area contributed by atoms with Crippen molar-refractivity contribution in [1.82, 2.24) is 0 Å². The summed E-state index contributed by atoms with van der Waals surface area (Å²) < 4.78 is 10.6. The van der Waals surface area contributed by atoms with Crippen LogP contribution in [0.3, 0.4) is 0 Å². The number of rotatable bonds is 38. The second-order valence-corrected chi connectivity index (χ2v) is 14.0. The molecule has 0 aromatic rings. The van der Waals surface area contributed by atoms with Crippen molar-refractivity contribution in [3.05, 3.63) is 146 Å². The SMILES string of the molecule is CC/C=C\C/C=C\C/C=C\C/C=C\C/C=C\C/C=C\C/C=C\C/C=C\C/C=C\CCCCCC(=O)OC(CO)COC(=O)CCCCC/C=C\C/C=C\C/C=C\CC. The molecule has 1 atom stereocenters. The number of hydrogen-bond acceptors (Lipinski definition) is 5. The number of hydrogen-bond donors (Lipinski definition) is 1. The number of carbonyl (C=O) groups excluding carboxylic acids is 2. The number of carbonyl (C=O) groups is 2. The number of aliphatic hydroxyl groups is 1. The van der Waals surface area contributed by atoms with Crippen molar-refractivity contribution in [3.63, 3.8) is 0 Å². The van der Waals surface area contributed by atoms with Gasteiger partial charge in [-0.15, -0.1) is 0 Å². The third kappa shape index (κ3) is 44.5. The Balaban J connectivity index is 3.74. The highest BCUT2D eigenvalue weighted by molar-refractivity contribution is 5.70. The second kappa shape index (κ2) is 47.2. The smallest absolute Gasteiger partial charge is 0.306 e. The van der Waals surface area contributed by atoms with Crippen molar-refractivity contribution >= 4 is 11.9 Å². The molecule has 0 heterocycles. The van der Waals surface area contributed by atoms with E-state index in [4.69, 9.17) is 9.47 Å². The molecule has 1 unspecified atom stereocenters. The lowest BCUT2D eigenvalue weighted by atomic mass is 10.1. The van der Waals surface area contributed by atoms with Crippen LogP contribution in [-0.2, 0) is 19.1 Å². The van der Waals surface area contributed by atoms with Crippen LogP contribution in [-0.4, -0.2) is 36.4 Å². The maximum atomic E-state index is 12.2. The highest BCUT2D eigenvalue weighted by atomic mass is 16.6. The molecule has 0 radical (unpaired) electrons. The number of aliphatic hydroxyl groups excluding tert-OH is 1. The molecule has 0 rings (SSSR count). The first kappa shape index (κ1) is 53.8. The van der Waals surface area contributed by atoms with E-state index in [0.29, 0.717) is 12.8 Å². The van der Waals surface area contributed by atoms with Gasteiger partial charge in [-0.25, -0.2) is 0 Å². The largest absolute Gasteiger partial charge is 0.462 e. The lowest BCUT2D eigenvalue weighted by Crippen LogP contribution is -2.28.